The van der Waals surface area contributed by atoms with E-state index in [4.69, 9.17) is 4.74 Å². The molecule has 9 rings (SSSR count). The predicted molar refractivity (Wildman–Crippen MR) is 218 cm³/mol. The summed E-state index contributed by atoms with van der Waals surface area (Å²) in [7, 11) is 0. The highest BCUT2D eigenvalue weighted by molar-refractivity contribution is 6.00. The molecular formula is C50H66O6. The van der Waals surface area contributed by atoms with E-state index >= 15 is 0 Å². The van der Waals surface area contributed by atoms with Crippen molar-refractivity contribution in [1.29, 1.82) is 0 Å². The van der Waals surface area contributed by atoms with Gasteiger partial charge in [0.05, 0.1) is 11.7 Å². The third kappa shape index (κ3) is 5.46. The third-order valence-electron chi connectivity index (χ3n) is 18.4. The molecule has 0 bridgehead atoms. The Kier molecular flexibility index (Phi) is 9.14. The molecule has 12 atom stereocenters. The molecule has 2 aromatic rings. The van der Waals surface area contributed by atoms with Crippen molar-refractivity contribution in [3.8, 4) is 11.5 Å². The first-order chi connectivity index (χ1) is 26.6. The smallest absolute Gasteiger partial charge is 0.159 e. The van der Waals surface area contributed by atoms with Crippen LogP contribution >= 0.6 is 0 Å². The maximum absolute atomic E-state index is 14.6. The topological polar surface area (TPSA) is 107 Å². The second-order valence-corrected chi connectivity index (χ2v) is 21.1. The minimum Gasteiger partial charge on any atom is -0.508 e. The van der Waals surface area contributed by atoms with Crippen LogP contribution in [-0.2, 0) is 14.3 Å². The van der Waals surface area contributed by atoms with Crippen LogP contribution in [0.5, 0.6) is 11.5 Å². The lowest BCUT2D eigenvalue weighted by Gasteiger charge is -2.71. The van der Waals surface area contributed by atoms with Crippen LogP contribution in [0.2, 0.25) is 0 Å². The maximum atomic E-state index is 14.6. The van der Waals surface area contributed by atoms with Crippen molar-refractivity contribution >= 4 is 11.6 Å². The fourth-order valence-corrected chi connectivity index (χ4v) is 15.8. The van der Waals surface area contributed by atoms with Crippen LogP contribution in [-0.4, -0.2) is 44.7 Å². The number of Topliss-reactive ketones (excluding diaryl/α,β-unsaturated/α-hetero) is 2. The van der Waals surface area contributed by atoms with Gasteiger partial charge in [-0.25, -0.2) is 0 Å². The molecule has 6 fully saturated rings. The molecule has 0 aromatic heterocycles. The number of carbonyl (C=O) groups excluding carboxylic acids is 2. The molecule has 302 valence electrons. The van der Waals surface area contributed by atoms with Crippen LogP contribution in [0, 0.1) is 51.2 Å². The van der Waals surface area contributed by atoms with E-state index < -0.39 is 17.1 Å². The standard InChI is InChI=1S/C50H66O6/c1-29(24-39(53)45-49(6,56-45)37-19-11-18-35(37)30-12-9-16-33(51)25-30)43-38-20-21-42-47(4,48(38,5)28-40(43)54)23-22-41-46(2,3)44(55)36(31-13-10-17-34(52)26-31)27-50(41,42)32-14-7-8-15-32/h9-10,12-13,16-17,25-26,29,32,35-37,39,41-42,45,51-53H,7-8,11,14-15,18-24,27-28H2,1-6H3. The van der Waals surface area contributed by atoms with Crippen molar-refractivity contribution in [2.45, 2.75) is 161 Å². The Balaban J connectivity index is 1.01. The minimum absolute atomic E-state index is 0.0104. The van der Waals surface area contributed by atoms with Crippen LogP contribution in [0.15, 0.2) is 59.7 Å². The average Bonchev–Trinajstić information content (AvgIpc) is 3.58. The Morgan fingerprint density at radius 1 is 0.821 bits per heavy atom. The molecule has 6 aliphatic carbocycles. The molecule has 0 radical (unpaired) electrons. The summed E-state index contributed by atoms with van der Waals surface area (Å²) in [6.07, 6.45) is 13.1. The van der Waals surface area contributed by atoms with E-state index in [1.54, 1.807) is 12.1 Å². The van der Waals surface area contributed by atoms with Gasteiger partial charge in [-0.15, -0.1) is 0 Å². The van der Waals surface area contributed by atoms with E-state index in [0.717, 1.165) is 68.1 Å². The van der Waals surface area contributed by atoms with Gasteiger partial charge < -0.3 is 20.1 Å². The van der Waals surface area contributed by atoms with Gasteiger partial charge in [-0.3, -0.25) is 9.59 Å². The zero-order valence-corrected chi connectivity index (χ0v) is 34.8. The lowest BCUT2D eigenvalue weighted by atomic mass is 9.33. The van der Waals surface area contributed by atoms with Gasteiger partial charge in [0, 0.05) is 23.2 Å². The first kappa shape index (κ1) is 38.6. The summed E-state index contributed by atoms with van der Waals surface area (Å²) in [5, 5.41) is 32.6. The van der Waals surface area contributed by atoms with Crippen LogP contribution in [0.4, 0.5) is 0 Å². The highest BCUT2D eigenvalue weighted by Gasteiger charge is 2.72. The van der Waals surface area contributed by atoms with Gasteiger partial charge in [-0.1, -0.05) is 83.7 Å². The number of epoxide rings is 1. The van der Waals surface area contributed by atoms with Gasteiger partial charge in [0.1, 0.15) is 23.4 Å². The second kappa shape index (κ2) is 13.3. The van der Waals surface area contributed by atoms with E-state index in [1.807, 2.05) is 24.3 Å². The van der Waals surface area contributed by atoms with Gasteiger partial charge in [0.25, 0.3) is 0 Å². The third-order valence-corrected chi connectivity index (χ3v) is 18.4. The normalized spacial score (nSPS) is 41.6. The quantitative estimate of drug-likeness (QED) is 0.231. The van der Waals surface area contributed by atoms with Crippen molar-refractivity contribution in [2.24, 2.45) is 51.2 Å². The summed E-state index contributed by atoms with van der Waals surface area (Å²) in [6, 6.07) is 15.1. The number of fused-ring (bicyclic) bond motifs is 5. The summed E-state index contributed by atoms with van der Waals surface area (Å²) in [4.78, 5) is 29.1. The number of hydrogen-bond acceptors (Lipinski definition) is 6. The predicted octanol–water partition coefficient (Wildman–Crippen LogP) is 10.6. The summed E-state index contributed by atoms with van der Waals surface area (Å²) >= 11 is 0. The number of ether oxygens (including phenoxy) is 1. The molecule has 0 spiro atoms. The van der Waals surface area contributed by atoms with Gasteiger partial charge in [0.2, 0.25) is 0 Å². The summed E-state index contributed by atoms with van der Waals surface area (Å²) in [5.74, 6) is 2.67. The van der Waals surface area contributed by atoms with Crippen molar-refractivity contribution in [3.63, 3.8) is 0 Å². The Hall–Kier alpha value is -2.96. The Morgan fingerprint density at radius 2 is 1.50 bits per heavy atom. The van der Waals surface area contributed by atoms with Gasteiger partial charge in [-0.05, 0) is 158 Å². The highest BCUT2D eigenvalue weighted by atomic mass is 16.6. The SMILES string of the molecule is CC(CC(O)C1OC1(C)C1CCCC1c1cccc(O)c1)C1=C2CCC3C4(C5CCCC5)CC(c5cccc(O)c5)C(=O)C(C)(C)C4CCC3(C)C2(C)CC1=O. The fraction of sp³-hybridized carbons (Fsp3) is 0.680. The van der Waals surface area contributed by atoms with Gasteiger partial charge in [0.15, 0.2) is 5.78 Å². The molecule has 1 saturated heterocycles. The number of carbonyl (C=O) groups is 2. The maximum Gasteiger partial charge on any atom is 0.159 e. The largest absolute Gasteiger partial charge is 0.508 e. The number of phenols is 2. The molecule has 1 aliphatic heterocycles. The van der Waals surface area contributed by atoms with Crippen molar-refractivity contribution in [2.75, 3.05) is 0 Å². The molecule has 7 aliphatic rings. The molecule has 5 saturated carbocycles. The molecular weight excluding hydrogens is 697 g/mol. The summed E-state index contributed by atoms with van der Waals surface area (Å²) in [5.41, 5.74) is 3.21. The van der Waals surface area contributed by atoms with Crippen molar-refractivity contribution in [1.82, 2.24) is 0 Å². The lowest BCUT2D eigenvalue weighted by molar-refractivity contribution is -0.207. The van der Waals surface area contributed by atoms with E-state index in [2.05, 4.69) is 53.7 Å². The number of aromatic hydroxyl groups is 2. The Bertz CT molecular complexity index is 1940. The van der Waals surface area contributed by atoms with Gasteiger partial charge in [-0.2, -0.15) is 0 Å². The van der Waals surface area contributed by atoms with Crippen molar-refractivity contribution in [3.05, 3.63) is 70.8 Å². The minimum atomic E-state index is -0.655. The number of aliphatic hydroxyl groups excluding tert-OH is 1. The molecule has 1 heterocycles. The molecule has 0 amide bonds. The van der Waals surface area contributed by atoms with Crippen LogP contribution < -0.4 is 0 Å². The lowest BCUT2D eigenvalue weighted by Crippen LogP contribution is -2.66. The highest BCUT2D eigenvalue weighted by Crippen LogP contribution is 2.77. The monoisotopic (exact) mass is 762 g/mol. The molecule has 2 aromatic carbocycles. The molecule has 12 unspecified atom stereocenters. The van der Waals surface area contributed by atoms with E-state index in [-0.39, 0.29) is 51.6 Å². The first-order valence-electron chi connectivity index (χ1n) is 22.3. The van der Waals surface area contributed by atoms with Crippen molar-refractivity contribution < 1.29 is 29.6 Å². The zero-order chi connectivity index (χ0) is 39.6. The zero-order valence-electron chi connectivity index (χ0n) is 34.8. The molecule has 6 heteroatoms. The number of aliphatic hydroxyl groups is 1. The van der Waals surface area contributed by atoms with E-state index in [9.17, 15) is 24.9 Å². The number of rotatable bonds is 8. The Labute approximate surface area is 334 Å². The van der Waals surface area contributed by atoms with E-state index in [1.165, 1.54) is 31.3 Å². The number of benzene rings is 2. The van der Waals surface area contributed by atoms with Crippen LogP contribution in [0.3, 0.4) is 0 Å². The first-order valence-corrected chi connectivity index (χ1v) is 22.3. The number of hydrogen-bond donors (Lipinski definition) is 3. The summed E-state index contributed by atoms with van der Waals surface area (Å²) in [6.45, 7) is 13.7. The molecule has 56 heavy (non-hydrogen) atoms. The summed E-state index contributed by atoms with van der Waals surface area (Å²) < 4.78 is 6.47. The van der Waals surface area contributed by atoms with Crippen LogP contribution in [0.25, 0.3) is 0 Å². The van der Waals surface area contributed by atoms with E-state index in [0.29, 0.717) is 48.0 Å². The fourth-order valence-electron chi connectivity index (χ4n) is 15.8. The molecule has 3 N–H and O–H groups in total. The molecule has 6 nitrogen and oxygen atoms in total. The van der Waals surface area contributed by atoms with Crippen LogP contribution in [0.1, 0.15) is 154 Å². The van der Waals surface area contributed by atoms with Gasteiger partial charge >= 0.3 is 0 Å². The number of phenolic OH excluding ortho intramolecular Hbond substituents is 2. The number of ketones is 2. The second-order valence-electron chi connectivity index (χ2n) is 21.1. The Morgan fingerprint density at radius 3 is 2.20 bits per heavy atom. The number of allylic oxidation sites excluding steroid dienone is 2. The average molecular weight is 763 g/mol.